The van der Waals surface area contributed by atoms with Gasteiger partial charge in [0.25, 0.3) is 15.7 Å². The van der Waals surface area contributed by atoms with E-state index in [1.807, 2.05) is 31.4 Å². The molecule has 0 saturated carbocycles. The van der Waals surface area contributed by atoms with E-state index in [-0.39, 0.29) is 16.3 Å². The number of sulfonamides is 1. The van der Waals surface area contributed by atoms with Gasteiger partial charge in [0.15, 0.2) is 0 Å². The molecule has 2 aromatic carbocycles. The molecule has 0 spiro atoms. The molecule has 0 amide bonds. The minimum absolute atomic E-state index is 0.128. The summed E-state index contributed by atoms with van der Waals surface area (Å²) in [5, 5.41) is 17.2. The lowest BCUT2D eigenvalue weighted by Gasteiger charge is -2.14. The third-order valence-electron chi connectivity index (χ3n) is 4.36. The predicted molar refractivity (Wildman–Crippen MR) is 120 cm³/mol. The molecule has 0 atom stereocenters. The van der Waals surface area contributed by atoms with E-state index in [9.17, 15) is 18.5 Å². The standard InChI is InChI=1S/C20H20N4O4S2/c1-13-4-6-17(15(3)10-13)23-30(27,28)20-11-16(24(25)26)5-7-18(20)22-21-12-19-14(2)8-9-29-19/h4-12,22-23H,1-3H3/b21-12+. The molecule has 3 rings (SSSR count). The summed E-state index contributed by atoms with van der Waals surface area (Å²) < 4.78 is 28.6. The Labute approximate surface area is 178 Å². The normalized spacial score (nSPS) is 11.6. The van der Waals surface area contributed by atoms with Crippen LogP contribution in [0.2, 0.25) is 0 Å². The summed E-state index contributed by atoms with van der Waals surface area (Å²) in [6, 6.07) is 10.8. The lowest BCUT2D eigenvalue weighted by molar-refractivity contribution is -0.385. The third kappa shape index (κ3) is 4.84. The summed E-state index contributed by atoms with van der Waals surface area (Å²) in [6.07, 6.45) is 1.58. The average molecular weight is 445 g/mol. The van der Waals surface area contributed by atoms with Crippen LogP contribution in [0.3, 0.4) is 0 Å². The number of hydrogen-bond donors (Lipinski definition) is 2. The van der Waals surface area contributed by atoms with Crippen molar-refractivity contribution in [3.63, 3.8) is 0 Å². The second kappa shape index (κ2) is 8.64. The number of nitro groups is 1. The minimum Gasteiger partial charge on any atom is -0.279 e. The zero-order valence-corrected chi connectivity index (χ0v) is 18.2. The summed E-state index contributed by atoms with van der Waals surface area (Å²) >= 11 is 1.50. The molecule has 1 aromatic heterocycles. The maximum absolute atomic E-state index is 13.1. The van der Waals surface area contributed by atoms with Gasteiger partial charge >= 0.3 is 0 Å². The maximum Gasteiger partial charge on any atom is 0.270 e. The van der Waals surface area contributed by atoms with Crippen molar-refractivity contribution < 1.29 is 13.3 Å². The van der Waals surface area contributed by atoms with Crippen LogP contribution in [0.15, 0.2) is 57.8 Å². The Kier molecular flexibility index (Phi) is 6.18. The number of thiophene rings is 1. The first-order chi connectivity index (χ1) is 14.2. The molecule has 0 unspecified atom stereocenters. The number of non-ortho nitro benzene ring substituents is 1. The molecule has 8 nitrogen and oxygen atoms in total. The van der Waals surface area contributed by atoms with Gasteiger partial charge < -0.3 is 0 Å². The number of nitrogens with one attached hydrogen (secondary N) is 2. The van der Waals surface area contributed by atoms with Crippen LogP contribution in [0.4, 0.5) is 17.1 Å². The molecule has 10 heteroatoms. The average Bonchev–Trinajstić information content (AvgIpc) is 3.09. The molecule has 1 heterocycles. The monoisotopic (exact) mass is 444 g/mol. The molecule has 0 aliphatic heterocycles. The molecular formula is C20H20N4O4S2. The molecule has 2 N–H and O–H groups in total. The highest BCUT2D eigenvalue weighted by Crippen LogP contribution is 2.29. The second-order valence-electron chi connectivity index (χ2n) is 6.70. The number of rotatable bonds is 7. The van der Waals surface area contributed by atoms with Crippen LogP contribution in [0, 0.1) is 30.9 Å². The Morgan fingerprint density at radius 3 is 2.40 bits per heavy atom. The highest BCUT2D eigenvalue weighted by Gasteiger charge is 2.23. The van der Waals surface area contributed by atoms with Crippen molar-refractivity contribution in [3.05, 3.63) is 79.5 Å². The van der Waals surface area contributed by atoms with Crippen LogP contribution in [0.1, 0.15) is 21.6 Å². The molecule has 0 saturated heterocycles. The van der Waals surface area contributed by atoms with Crippen LogP contribution < -0.4 is 10.1 Å². The SMILES string of the molecule is Cc1ccc(NS(=O)(=O)c2cc([N+](=O)[O-])ccc2N/N=C/c2sccc2C)c(C)c1. The van der Waals surface area contributed by atoms with Gasteiger partial charge in [0.05, 0.1) is 22.5 Å². The predicted octanol–water partition coefficient (Wildman–Crippen LogP) is 4.83. The molecule has 0 radical (unpaired) electrons. The zero-order chi connectivity index (χ0) is 21.9. The Balaban J connectivity index is 1.97. The Morgan fingerprint density at radius 1 is 1.03 bits per heavy atom. The van der Waals surface area contributed by atoms with Gasteiger partial charge in [-0.1, -0.05) is 17.7 Å². The van der Waals surface area contributed by atoms with Gasteiger partial charge in [0, 0.05) is 17.0 Å². The second-order valence-corrected chi connectivity index (χ2v) is 9.30. The smallest absolute Gasteiger partial charge is 0.270 e. The van der Waals surface area contributed by atoms with Gasteiger partial charge in [0.1, 0.15) is 4.90 Å². The van der Waals surface area contributed by atoms with Gasteiger partial charge in [-0.15, -0.1) is 11.3 Å². The van der Waals surface area contributed by atoms with Crippen molar-refractivity contribution in [2.24, 2.45) is 5.10 Å². The fourth-order valence-corrected chi connectivity index (χ4v) is 4.84. The molecule has 0 bridgehead atoms. The molecular weight excluding hydrogens is 424 g/mol. The number of aryl methyl sites for hydroxylation is 3. The highest BCUT2D eigenvalue weighted by atomic mass is 32.2. The first kappa shape index (κ1) is 21.5. The van der Waals surface area contributed by atoms with Gasteiger partial charge in [-0.25, -0.2) is 8.42 Å². The summed E-state index contributed by atoms with van der Waals surface area (Å²) in [4.78, 5) is 11.2. The Morgan fingerprint density at radius 2 is 1.77 bits per heavy atom. The van der Waals surface area contributed by atoms with Crippen molar-refractivity contribution in [1.29, 1.82) is 0 Å². The zero-order valence-electron chi connectivity index (χ0n) is 16.5. The first-order valence-corrected chi connectivity index (χ1v) is 11.3. The highest BCUT2D eigenvalue weighted by molar-refractivity contribution is 7.92. The van der Waals surface area contributed by atoms with E-state index in [4.69, 9.17) is 0 Å². The van der Waals surface area contributed by atoms with Crippen LogP contribution in [0.25, 0.3) is 0 Å². The van der Waals surface area contributed by atoms with E-state index in [0.717, 1.165) is 27.6 Å². The molecule has 3 aromatic rings. The number of benzene rings is 2. The van der Waals surface area contributed by atoms with Crippen molar-refractivity contribution in [2.45, 2.75) is 25.7 Å². The summed E-state index contributed by atoms with van der Waals surface area (Å²) in [5.74, 6) is 0. The number of nitro benzene ring substituents is 1. The molecule has 0 aliphatic rings. The van der Waals surface area contributed by atoms with Gasteiger partial charge in [-0.2, -0.15) is 5.10 Å². The van der Waals surface area contributed by atoms with Crippen LogP contribution >= 0.6 is 11.3 Å². The molecule has 156 valence electrons. The quantitative estimate of drug-likeness (QED) is 0.308. The van der Waals surface area contributed by atoms with Crippen molar-refractivity contribution in [2.75, 3.05) is 10.1 Å². The topological polar surface area (TPSA) is 114 Å². The number of hydrogen-bond acceptors (Lipinski definition) is 7. The van der Waals surface area contributed by atoms with Crippen molar-refractivity contribution in [1.82, 2.24) is 0 Å². The fourth-order valence-electron chi connectivity index (χ4n) is 2.74. The lowest BCUT2D eigenvalue weighted by atomic mass is 10.1. The van der Waals surface area contributed by atoms with Crippen molar-refractivity contribution in [3.8, 4) is 0 Å². The first-order valence-electron chi connectivity index (χ1n) is 8.89. The largest absolute Gasteiger partial charge is 0.279 e. The van der Waals surface area contributed by atoms with E-state index >= 15 is 0 Å². The van der Waals surface area contributed by atoms with Gasteiger partial charge in [-0.05, 0) is 55.5 Å². The third-order valence-corrected chi connectivity index (χ3v) is 6.72. The molecule has 0 fully saturated rings. The summed E-state index contributed by atoms with van der Waals surface area (Å²) in [5.41, 5.74) is 5.66. The van der Waals surface area contributed by atoms with E-state index in [1.165, 1.54) is 23.5 Å². The van der Waals surface area contributed by atoms with Crippen LogP contribution in [0.5, 0.6) is 0 Å². The lowest BCUT2D eigenvalue weighted by Crippen LogP contribution is -2.16. The maximum atomic E-state index is 13.1. The number of nitrogens with zero attached hydrogens (tertiary/aromatic N) is 2. The summed E-state index contributed by atoms with van der Waals surface area (Å²) in [7, 11) is -4.12. The van der Waals surface area contributed by atoms with Crippen molar-refractivity contribution >= 4 is 44.6 Å². The van der Waals surface area contributed by atoms with Gasteiger partial charge in [-0.3, -0.25) is 20.3 Å². The van der Waals surface area contributed by atoms with Crippen LogP contribution in [-0.2, 0) is 10.0 Å². The fraction of sp³-hybridized carbons (Fsp3) is 0.150. The van der Waals surface area contributed by atoms with E-state index < -0.39 is 14.9 Å². The summed E-state index contributed by atoms with van der Waals surface area (Å²) in [6.45, 7) is 5.62. The van der Waals surface area contributed by atoms with E-state index in [1.54, 1.807) is 25.3 Å². The minimum atomic E-state index is -4.12. The van der Waals surface area contributed by atoms with Crippen LogP contribution in [-0.4, -0.2) is 19.6 Å². The number of hydrazone groups is 1. The van der Waals surface area contributed by atoms with E-state index in [2.05, 4.69) is 15.2 Å². The Bertz CT molecular complexity index is 1230. The molecule has 0 aliphatic carbocycles. The van der Waals surface area contributed by atoms with Gasteiger partial charge in [0.2, 0.25) is 0 Å². The molecule has 30 heavy (non-hydrogen) atoms. The van der Waals surface area contributed by atoms with E-state index in [0.29, 0.717) is 5.69 Å². The number of anilines is 2. The Hall–Kier alpha value is -3.24.